The molecule has 0 amide bonds. The maximum Gasteiger partial charge on any atom is 0.321 e. The van der Waals surface area contributed by atoms with Crippen LogP contribution in [-0.4, -0.2) is 35.1 Å². The minimum absolute atomic E-state index is 0.0631. The molecule has 0 saturated heterocycles. The van der Waals surface area contributed by atoms with Crippen LogP contribution in [-0.2, 0) is 21.4 Å². The largest absolute Gasteiger partial charge is 0.480 e. The summed E-state index contributed by atoms with van der Waals surface area (Å²) in [4.78, 5) is 15.2. The summed E-state index contributed by atoms with van der Waals surface area (Å²) in [6.07, 6.45) is 2.52. The van der Waals surface area contributed by atoms with Gasteiger partial charge in [-0.1, -0.05) is 20.8 Å². The van der Waals surface area contributed by atoms with Crippen LogP contribution in [0.3, 0.4) is 0 Å². The van der Waals surface area contributed by atoms with E-state index in [2.05, 4.69) is 9.71 Å². The van der Waals surface area contributed by atoms with Crippen LogP contribution in [0.1, 0.15) is 39.4 Å². The third-order valence-electron chi connectivity index (χ3n) is 3.00. The fourth-order valence-corrected chi connectivity index (χ4v) is 3.21. The highest BCUT2D eigenvalue weighted by Gasteiger charge is 2.28. The number of rotatable bonds is 8. The number of nitrogens with one attached hydrogen (secondary N) is 1. The molecule has 0 aromatic carbocycles. The summed E-state index contributed by atoms with van der Waals surface area (Å²) in [5, 5.41) is 8.99. The van der Waals surface area contributed by atoms with Gasteiger partial charge in [0.05, 0.1) is 0 Å². The first-order valence-electron chi connectivity index (χ1n) is 6.96. The van der Waals surface area contributed by atoms with Crippen LogP contribution in [0.4, 0.5) is 0 Å². The third kappa shape index (κ3) is 4.82. The van der Waals surface area contributed by atoms with Crippen molar-refractivity contribution >= 4 is 16.0 Å². The second kappa shape index (κ2) is 7.04. The Morgan fingerprint density at radius 3 is 2.57 bits per heavy atom. The number of nitrogens with zero attached hydrogens (tertiary/aromatic N) is 2. The van der Waals surface area contributed by atoms with Crippen LogP contribution < -0.4 is 4.72 Å². The molecule has 21 heavy (non-hydrogen) atoms. The highest BCUT2D eigenvalue weighted by Crippen LogP contribution is 2.13. The number of hydrogen-bond donors (Lipinski definition) is 2. The van der Waals surface area contributed by atoms with E-state index in [-0.39, 0.29) is 17.4 Å². The fraction of sp³-hybridized carbons (Fsp3) is 0.692. The summed E-state index contributed by atoms with van der Waals surface area (Å²) in [6, 6.07) is -1.15. The summed E-state index contributed by atoms with van der Waals surface area (Å²) in [5.74, 6) is -0.530. The Balaban J connectivity index is 2.99. The molecule has 0 aliphatic rings. The molecule has 1 aromatic rings. The molecule has 0 saturated carbocycles. The molecule has 1 rings (SSSR count). The molecule has 0 aliphatic carbocycles. The zero-order valence-electron chi connectivity index (χ0n) is 12.8. The minimum Gasteiger partial charge on any atom is -0.480 e. The lowest BCUT2D eigenvalue weighted by Crippen LogP contribution is -2.41. The van der Waals surface area contributed by atoms with Crippen molar-refractivity contribution in [3.05, 3.63) is 12.0 Å². The van der Waals surface area contributed by atoms with Crippen molar-refractivity contribution in [2.24, 2.45) is 5.92 Å². The monoisotopic (exact) mass is 317 g/mol. The van der Waals surface area contributed by atoms with Crippen molar-refractivity contribution in [2.75, 3.05) is 0 Å². The van der Waals surface area contributed by atoms with E-state index in [0.717, 1.165) is 6.42 Å². The van der Waals surface area contributed by atoms with Gasteiger partial charge in [-0.15, -0.1) is 0 Å². The maximum absolute atomic E-state index is 12.2. The van der Waals surface area contributed by atoms with Crippen molar-refractivity contribution < 1.29 is 18.3 Å². The Kier molecular flexibility index (Phi) is 5.91. The normalized spacial score (nSPS) is 13.6. The number of imidazole rings is 1. The molecular weight excluding hydrogens is 294 g/mol. The molecule has 1 aromatic heterocycles. The van der Waals surface area contributed by atoms with E-state index in [0.29, 0.717) is 12.4 Å². The standard InChI is InChI=1S/C13H23N3O4S/c1-5-6-16-8-12(14-10(16)4)21(19,20)15-11(13(17)18)7-9(2)3/h8-9,11,15H,5-7H2,1-4H3,(H,17,18)/t11-/m1/s1. The van der Waals surface area contributed by atoms with Crippen molar-refractivity contribution in [3.8, 4) is 0 Å². The molecule has 0 fully saturated rings. The van der Waals surface area contributed by atoms with Gasteiger partial charge < -0.3 is 9.67 Å². The van der Waals surface area contributed by atoms with Gasteiger partial charge in [-0.05, 0) is 25.7 Å². The lowest BCUT2D eigenvalue weighted by molar-refractivity contribution is -0.139. The SMILES string of the molecule is CCCn1cc(S(=O)(=O)N[C@H](CC(C)C)C(=O)O)nc1C. The first-order chi connectivity index (χ1) is 9.67. The molecular formula is C13H23N3O4S. The number of carboxylic acids is 1. The molecule has 0 aliphatic heterocycles. The van der Waals surface area contributed by atoms with Crippen LogP contribution in [0, 0.1) is 12.8 Å². The Morgan fingerprint density at radius 2 is 2.10 bits per heavy atom. The van der Waals surface area contributed by atoms with Gasteiger partial charge in [0.2, 0.25) is 0 Å². The second-order valence-corrected chi connectivity index (χ2v) is 7.12. The zero-order valence-corrected chi connectivity index (χ0v) is 13.6. The van der Waals surface area contributed by atoms with E-state index in [9.17, 15) is 13.2 Å². The number of aliphatic carboxylic acids is 1. The van der Waals surface area contributed by atoms with Crippen molar-refractivity contribution in [1.82, 2.24) is 14.3 Å². The molecule has 2 N–H and O–H groups in total. The predicted octanol–water partition coefficient (Wildman–Crippen LogP) is 1.38. The van der Waals surface area contributed by atoms with E-state index in [4.69, 9.17) is 5.11 Å². The molecule has 0 unspecified atom stereocenters. The average Bonchev–Trinajstić information content (AvgIpc) is 2.70. The van der Waals surface area contributed by atoms with Crippen LogP contribution in [0.5, 0.6) is 0 Å². The lowest BCUT2D eigenvalue weighted by Gasteiger charge is -2.15. The van der Waals surface area contributed by atoms with E-state index in [1.807, 2.05) is 20.8 Å². The Hall–Kier alpha value is -1.41. The van der Waals surface area contributed by atoms with E-state index in [1.54, 1.807) is 11.5 Å². The van der Waals surface area contributed by atoms with Crippen LogP contribution >= 0.6 is 0 Å². The molecule has 0 bridgehead atoms. The van der Waals surface area contributed by atoms with Gasteiger partial charge >= 0.3 is 5.97 Å². The van der Waals surface area contributed by atoms with Crippen LogP contribution in [0.2, 0.25) is 0 Å². The molecule has 120 valence electrons. The number of carboxylic acid groups (broad SMARTS) is 1. The highest BCUT2D eigenvalue weighted by molar-refractivity contribution is 7.89. The summed E-state index contributed by atoms with van der Waals surface area (Å²) < 4.78 is 28.5. The van der Waals surface area contributed by atoms with Gasteiger partial charge in [-0.3, -0.25) is 4.79 Å². The molecule has 1 atom stereocenters. The number of hydrogen-bond acceptors (Lipinski definition) is 4. The fourth-order valence-electron chi connectivity index (χ4n) is 1.99. The molecule has 1 heterocycles. The molecule has 0 spiro atoms. The van der Waals surface area contributed by atoms with Gasteiger partial charge in [-0.25, -0.2) is 13.4 Å². The number of carbonyl (C=O) groups is 1. The Bertz CT molecular complexity index is 593. The molecule has 8 heteroatoms. The summed E-state index contributed by atoms with van der Waals surface area (Å²) in [6.45, 7) is 8.05. The van der Waals surface area contributed by atoms with Crippen molar-refractivity contribution in [2.45, 2.75) is 58.1 Å². The van der Waals surface area contributed by atoms with Crippen LogP contribution in [0.15, 0.2) is 11.2 Å². The van der Waals surface area contributed by atoms with E-state index in [1.165, 1.54) is 6.20 Å². The maximum atomic E-state index is 12.2. The zero-order chi connectivity index (χ0) is 16.2. The first kappa shape index (κ1) is 17.6. The summed E-state index contributed by atoms with van der Waals surface area (Å²) in [5.41, 5.74) is 0. The number of sulfonamides is 1. The summed E-state index contributed by atoms with van der Waals surface area (Å²) >= 11 is 0. The van der Waals surface area contributed by atoms with E-state index >= 15 is 0 Å². The van der Waals surface area contributed by atoms with Crippen molar-refractivity contribution in [1.29, 1.82) is 0 Å². The third-order valence-corrected chi connectivity index (χ3v) is 4.34. The average molecular weight is 317 g/mol. The van der Waals surface area contributed by atoms with Crippen molar-refractivity contribution in [3.63, 3.8) is 0 Å². The Labute approximate surface area is 125 Å². The van der Waals surface area contributed by atoms with Gasteiger partial charge in [0.15, 0.2) is 5.03 Å². The van der Waals surface area contributed by atoms with Gasteiger partial charge in [0.25, 0.3) is 10.0 Å². The summed E-state index contributed by atoms with van der Waals surface area (Å²) in [7, 11) is -3.93. The highest BCUT2D eigenvalue weighted by atomic mass is 32.2. The van der Waals surface area contributed by atoms with E-state index < -0.39 is 22.0 Å². The number of aryl methyl sites for hydroxylation is 2. The predicted molar refractivity (Wildman–Crippen MR) is 78.5 cm³/mol. The minimum atomic E-state index is -3.93. The lowest BCUT2D eigenvalue weighted by atomic mass is 10.1. The quantitative estimate of drug-likeness (QED) is 0.754. The van der Waals surface area contributed by atoms with Crippen LogP contribution in [0.25, 0.3) is 0 Å². The van der Waals surface area contributed by atoms with Gasteiger partial charge in [0.1, 0.15) is 11.9 Å². The Morgan fingerprint density at radius 1 is 1.48 bits per heavy atom. The number of aromatic nitrogens is 2. The smallest absolute Gasteiger partial charge is 0.321 e. The molecule has 7 nitrogen and oxygen atoms in total. The van der Waals surface area contributed by atoms with Gasteiger partial charge in [0, 0.05) is 12.7 Å². The molecule has 0 radical (unpaired) electrons. The first-order valence-corrected chi connectivity index (χ1v) is 8.44. The second-order valence-electron chi connectivity index (χ2n) is 5.46. The van der Waals surface area contributed by atoms with Gasteiger partial charge in [-0.2, -0.15) is 4.72 Å². The topological polar surface area (TPSA) is 101 Å².